The van der Waals surface area contributed by atoms with Gasteiger partial charge in [-0.1, -0.05) is 12.1 Å². The Labute approximate surface area is 158 Å². The molecule has 0 atom stereocenters. The summed E-state index contributed by atoms with van der Waals surface area (Å²) in [6.07, 6.45) is 0. The van der Waals surface area contributed by atoms with E-state index in [0.29, 0.717) is 22.8 Å². The first-order valence-corrected chi connectivity index (χ1v) is 9.76. The van der Waals surface area contributed by atoms with E-state index in [1.165, 1.54) is 35.7 Å². The maximum atomic E-state index is 13.2. The van der Waals surface area contributed by atoms with Gasteiger partial charge in [0.15, 0.2) is 0 Å². The lowest BCUT2D eigenvalue weighted by Gasteiger charge is -2.21. The second kappa shape index (κ2) is 7.94. The molecule has 5 nitrogen and oxygen atoms in total. The molecule has 142 valence electrons. The van der Waals surface area contributed by atoms with E-state index in [2.05, 4.69) is 0 Å². The molecule has 0 fully saturated rings. The smallest absolute Gasteiger partial charge is 0.243 e. The molecule has 0 N–H and O–H groups in total. The largest absolute Gasteiger partial charge is 0.497 e. The first kappa shape index (κ1) is 19.1. The zero-order valence-corrected chi connectivity index (χ0v) is 15.9. The van der Waals surface area contributed by atoms with Gasteiger partial charge in [0, 0.05) is 6.54 Å². The number of rotatable bonds is 7. The Morgan fingerprint density at radius 1 is 0.963 bits per heavy atom. The quantitative estimate of drug-likeness (QED) is 0.610. The summed E-state index contributed by atoms with van der Waals surface area (Å²) in [6.45, 7) is 1.96. The van der Waals surface area contributed by atoms with Gasteiger partial charge in [0.1, 0.15) is 23.1 Å². The Hall–Kier alpha value is -2.64. The molecule has 0 spiro atoms. The van der Waals surface area contributed by atoms with Crippen molar-refractivity contribution in [3.05, 3.63) is 83.6 Å². The number of nitrogens with zero attached hydrogens (tertiary/aromatic N) is 1. The second-order valence-corrected chi connectivity index (χ2v) is 8.03. The number of aryl methyl sites for hydroxylation is 1. The second-order valence-electron chi connectivity index (χ2n) is 6.09. The summed E-state index contributed by atoms with van der Waals surface area (Å²) in [6, 6.07) is 15.5. The average Bonchev–Trinajstić information content (AvgIpc) is 3.08. The molecule has 1 heterocycles. The van der Waals surface area contributed by atoms with E-state index < -0.39 is 10.0 Å². The van der Waals surface area contributed by atoms with Crippen molar-refractivity contribution in [2.45, 2.75) is 24.9 Å². The fourth-order valence-electron chi connectivity index (χ4n) is 2.66. The van der Waals surface area contributed by atoms with Crippen LogP contribution in [-0.2, 0) is 23.1 Å². The van der Waals surface area contributed by atoms with Crippen molar-refractivity contribution >= 4 is 10.0 Å². The molecule has 0 amide bonds. The van der Waals surface area contributed by atoms with Crippen LogP contribution in [0, 0.1) is 12.7 Å². The predicted molar refractivity (Wildman–Crippen MR) is 99.3 cm³/mol. The van der Waals surface area contributed by atoms with Crippen molar-refractivity contribution in [1.82, 2.24) is 4.31 Å². The van der Waals surface area contributed by atoms with Gasteiger partial charge in [-0.15, -0.1) is 0 Å². The standard InChI is InChI=1S/C20H20FNO4S/c1-15-3-8-19(26-15)14-22(13-16-4-6-17(21)7-5-16)27(23,24)20-11-9-18(25-2)10-12-20/h3-12H,13-14H2,1-2H3. The summed E-state index contributed by atoms with van der Waals surface area (Å²) in [5, 5.41) is 0. The highest BCUT2D eigenvalue weighted by Crippen LogP contribution is 2.24. The molecular weight excluding hydrogens is 369 g/mol. The number of methoxy groups -OCH3 is 1. The Morgan fingerprint density at radius 2 is 1.63 bits per heavy atom. The van der Waals surface area contributed by atoms with Crippen LogP contribution in [-0.4, -0.2) is 19.8 Å². The third-order valence-corrected chi connectivity index (χ3v) is 5.90. The van der Waals surface area contributed by atoms with Gasteiger partial charge >= 0.3 is 0 Å². The molecule has 1 aromatic heterocycles. The number of halogens is 1. The molecule has 0 aliphatic rings. The van der Waals surface area contributed by atoms with Crippen molar-refractivity contribution in [2.75, 3.05) is 7.11 Å². The van der Waals surface area contributed by atoms with Gasteiger partial charge < -0.3 is 9.15 Å². The lowest BCUT2D eigenvalue weighted by atomic mass is 10.2. The molecule has 0 bridgehead atoms. The van der Waals surface area contributed by atoms with Crippen LogP contribution >= 0.6 is 0 Å². The van der Waals surface area contributed by atoms with E-state index in [4.69, 9.17) is 9.15 Å². The monoisotopic (exact) mass is 389 g/mol. The Balaban J connectivity index is 1.94. The lowest BCUT2D eigenvalue weighted by molar-refractivity contribution is 0.353. The number of hydrogen-bond acceptors (Lipinski definition) is 4. The molecule has 27 heavy (non-hydrogen) atoms. The summed E-state index contributed by atoms with van der Waals surface area (Å²) in [7, 11) is -2.28. The third-order valence-electron chi connectivity index (χ3n) is 4.10. The number of benzene rings is 2. The zero-order valence-electron chi connectivity index (χ0n) is 15.1. The predicted octanol–water partition coefficient (Wildman–Crippen LogP) is 4.13. The minimum absolute atomic E-state index is 0.0690. The fraction of sp³-hybridized carbons (Fsp3) is 0.200. The zero-order chi connectivity index (χ0) is 19.4. The fourth-order valence-corrected chi connectivity index (χ4v) is 4.05. The normalized spacial score (nSPS) is 11.7. The van der Waals surface area contributed by atoms with Gasteiger partial charge in [-0.2, -0.15) is 4.31 Å². The Kier molecular flexibility index (Phi) is 5.62. The Bertz CT molecular complexity index is 995. The summed E-state index contributed by atoms with van der Waals surface area (Å²) in [5.41, 5.74) is 0.678. The number of ether oxygens (including phenoxy) is 1. The van der Waals surface area contributed by atoms with Gasteiger partial charge in [-0.05, 0) is 61.0 Å². The summed E-state index contributed by atoms with van der Waals surface area (Å²) in [4.78, 5) is 0.147. The summed E-state index contributed by atoms with van der Waals surface area (Å²) >= 11 is 0. The maximum Gasteiger partial charge on any atom is 0.243 e. The van der Waals surface area contributed by atoms with Crippen LogP contribution in [0.5, 0.6) is 5.75 Å². The van der Waals surface area contributed by atoms with E-state index in [1.807, 2.05) is 0 Å². The number of hydrogen-bond donors (Lipinski definition) is 0. The summed E-state index contributed by atoms with van der Waals surface area (Å²) in [5.74, 6) is 1.44. The van der Waals surface area contributed by atoms with E-state index in [1.54, 1.807) is 43.3 Å². The van der Waals surface area contributed by atoms with Crippen LogP contribution in [0.3, 0.4) is 0 Å². The van der Waals surface area contributed by atoms with Crippen LogP contribution in [0.2, 0.25) is 0 Å². The molecular formula is C20H20FNO4S. The van der Waals surface area contributed by atoms with Crippen LogP contribution in [0.4, 0.5) is 4.39 Å². The minimum atomic E-state index is -3.80. The van der Waals surface area contributed by atoms with Crippen LogP contribution in [0.1, 0.15) is 17.1 Å². The van der Waals surface area contributed by atoms with E-state index in [0.717, 1.165) is 0 Å². The highest BCUT2D eigenvalue weighted by atomic mass is 32.2. The SMILES string of the molecule is COc1ccc(S(=O)(=O)N(Cc2ccc(F)cc2)Cc2ccc(C)o2)cc1. The summed E-state index contributed by atoms with van der Waals surface area (Å²) < 4.78 is 51.5. The van der Waals surface area contributed by atoms with Crippen molar-refractivity contribution in [1.29, 1.82) is 0 Å². The highest BCUT2D eigenvalue weighted by molar-refractivity contribution is 7.89. The Morgan fingerprint density at radius 3 is 2.19 bits per heavy atom. The molecule has 3 aromatic rings. The van der Waals surface area contributed by atoms with Crippen molar-refractivity contribution in [2.24, 2.45) is 0 Å². The minimum Gasteiger partial charge on any atom is -0.497 e. The molecule has 0 saturated carbocycles. The van der Waals surface area contributed by atoms with Crippen molar-refractivity contribution < 1.29 is 22.0 Å². The first-order valence-electron chi connectivity index (χ1n) is 8.32. The third kappa shape index (κ3) is 4.56. The van der Waals surface area contributed by atoms with Crippen molar-refractivity contribution in [3.63, 3.8) is 0 Å². The molecule has 7 heteroatoms. The number of sulfonamides is 1. The first-order chi connectivity index (χ1) is 12.9. The van der Waals surface area contributed by atoms with Gasteiger partial charge in [0.2, 0.25) is 10.0 Å². The number of furan rings is 1. The van der Waals surface area contributed by atoms with Gasteiger partial charge in [-0.25, -0.2) is 12.8 Å². The van der Waals surface area contributed by atoms with E-state index in [9.17, 15) is 12.8 Å². The molecule has 0 aliphatic heterocycles. The van der Waals surface area contributed by atoms with Crippen LogP contribution in [0.15, 0.2) is 70.0 Å². The van der Waals surface area contributed by atoms with Gasteiger partial charge in [0.25, 0.3) is 0 Å². The molecule has 3 rings (SSSR count). The van der Waals surface area contributed by atoms with Gasteiger partial charge in [-0.3, -0.25) is 0 Å². The van der Waals surface area contributed by atoms with E-state index >= 15 is 0 Å². The van der Waals surface area contributed by atoms with E-state index in [-0.39, 0.29) is 23.8 Å². The lowest BCUT2D eigenvalue weighted by Crippen LogP contribution is -2.30. The van der Waals surface area contributed by atoms with Crippen LogP contribution in [0.25, 0.3) is 0 Å². The molecule has 0 aliphatic carbocycles. The van der Waals surface area contributed by atoms with Gasteiger partial charge in [0.05, 0.1) is 18.6 Å². The van der Waals surface area contributed by atoms with Crippen LogP contribution < -0.4 is 4.74 Å². The average molecular weight is 389 g/mol. The van der Waals surface area contributed by atoms with Crippen molar-refractivity contribution in [3.8, 4) is 5.75 Å². The highest BCUT2D eigenvalue weighted by Gasteiger charge is 2.26. The molecule has 0 radical (unpaired) electrons. The topological polar surface area (TPSA) is 59.8 Å². The maximum absolute atomic E-state index is 13.2. The molecule has 0 saturated heterocycles. The molecule has 2 aromatic carbocycles. The molecule has 0 unspecified atom stereocenters.